The Kier molecular flexibility index (Phi) is 3.45. The Balaban J connectivity index is 2.20. The molecular weight excluding hydrogens is 232 g/mol. The molecule has 0 aliphatic heterocycles. The number of aromatic nitrogens is 3. The third-order valence-corrected chi connectivity index (χ3v) is 2.85. The summed E-state index contributed by atoms with van der Waals surface area (Å²) in [5.41, 5.74) is 0.789. The van der Waals surface area contributed by atoms with Crippen LogP contribution in [0.5, 0.6) is 0 Å². The number of carbonyl (C=O) groups excluding carboxylic acids is 1. The molecule has 0 fully saturated rings. The van der Waals surface area contributed by atoms with Gasteiger partial charge < -0.3 is 14.6 Å². The third-order valence-electron chi connectivity index (χ3n) is 2.85. The molecule has 0 aliphatic rings. The van der Waals surface area contributed by atoms with Crippen molar-refractivity contribution in [3.63, 3.8) is 0 Å². The Bertz CT molecular complexity index is 552. The lowest BCUT2D eigenvalue weighted by Crippen LogP contribution is -2.29. The highest BCUT2D eigenvalue weighted by Crippen LogP contribution is 2.21. The van der Waals surface area contributed by atoms with E-state index >= 15 is 0 Å². The number of fused-ring (bicyclic) bond motifs is 1. The van der Waals surface area contributed by atoms with Crippen molar-refractivity contribution in [3.8, 4) is 0 Å². The highest BCUT2D eigenvalue weighted by molar-refractivity contribution is 5.87. The van der Waals surface area contributed by atoms with Crippen LogP contribution in [-0.2, 0) is 9.53 Å². The van der Waals surface area contributed by atoms with E-state index in [4.69, 9.17) is 4.74 Å². The monoisotopic (exact) mass is 248 g/mol. The van der Waals surface area contributed by atoms with E-state index in [1.165, 1.54) is 13.4 Å². The van der Waals surface area contributed by atoms with Gasteiger partial charge in [-0.2, -0.15) is 0 Å². The van der Waals surface area contributed by atoms with Crippen molar-refractivity contribution in [2.24, 2.45) is 5.92 Å². The van der Waals surface area contributed by atoms with Gasteiger partial charge in [0.15, 0.2) is 0 Å². The average molecular weight is 248 g/mol. The maximum atomic E-state index is 11.4. The van der Waals surface area contributed by atoms with Crippen molar-refractivity contribution < 1.29 is 9.53 Å². The molecule has 2 aromatic heterocycles. The first-order chi connectivity index (χ1) is 8.63. The van der Waals surface area contributed by atoms with Crippen LogP contribution >= 0.6 is 0 Å². The molecule has 0 saturated heterocycles. The van der Waals surface area contributed by atoms with Crippen LogP contribution in [0.3, 0.4) is 0 Å². The van der Waals surface area contributed by atoms with Crippen molar-refractivity contribution in [3.05, 3.63) is 18.6 Å². The number of hydrogen-bond acceptors (Lipinski definition) is 5. The van der Waals surface area contributed by atoms with E-state index in [0.29, 0.717) is 6.54 Å². The van der Waals surface area contributed by atoms with Crippen LogP contribution in [0.4, 0.5) is 5.82 Å². The van der Waals surface area contributed by atoms with Crippen molar-refractivity contribution in [2.75, 3.05) is 25.6 Å². The first kappa shape index (κ1) is 12.3. The van der Waals surface area contributed by atoms with E-state index in [2.05, 4.69) is 15.0 Å². The van der Waals surface area contributed by atoms with E-state index in [-0.39, 0.29) is 11.9 Å². The molecule has 0 amide bonds. The number of rotatable bonds is 4. The smallest absolute Gasteiger partial charge is 0.310 e. The summed E-state index contributed by atoms with van der Waals surface area (Å²) in [5.74, 6) is 0.377. The minimum absolute atomic E-state index is 0.205. The molecule has 0 bridgehead atoms. The standard InChI is InChI=1S/C12H16N4O2/c1-8(12(17)18-3)6-16(2)11-9-4-5-13-10(9)14-7-15-11/h4-5,7-8H,6H2,1-3H3,(H,13,14,15). The first-order valence-electron chi connectivity index (χ1n) is 5.70. The number of carbonyl (C=O) groups is 1. The summed E-state index contributed by atoms with van der Waals surface area (Å²) in [4.78, 5) is 24.8. The van der Waals surface area contributed by atoms with Gasteiger partial charge in [-0.05, 0) is 6.07 Å². The Morgan fingerprint density at radius 2 is 2.33 bits per heavy atom. The summed E-state index contributed by atoms with van der Waals surface area (Å²) in [5, 5.41) is 0.942. The highest BCUT2D eigenvalue weighted by Gasteiger charge is 2.17. The topological polar surface area (TPSA) is 71.1 Å². The zero-order valence-electron chi connectivity index (χ0n) is 10.7. The second-order valence-electron chi connectivity index (χ2n) is 4.24. The minimum Gasteiger partial charge on any atom is -0.469 e. The summed E-state index contributed by atoms with van der Waals surface area (Å²) in [6.45, 7) is 2.38. The van der Waals surface area contributed by atoms with Gasteiger partial charge in [0.1, 0.15) is 17.8 Å². The van der Waals surface area contributed by atoms with Gasteiger partial charge in [-0.1, -0.05) is 6.92 Å². The molecule has 6 heteroatoms. The molecule has 0 aromatic carbocycles. The van der Waals surface area contributed by atoms with Crippen LogP contribution in [0.1, 0.15) is 6.92 Å². The largest absolute Gasteiger partial charge is 0.469 e. The lowest BCUT2D eigenvalue weighted by atomic mass is 10.1. The number of anilines is 1. The fraction of sp³-hybridized carbons (Fsp3) is 0.417. The highest BCUT2D eigenvalue weighted by atomic mass is 16.5. The molecule has 0 radical (unpaired) electrons. The number of nitrogens with one attached hydrogen (secondary N) is 1. The summed E-state index contributed by atoms with van der Waals surface area (Å²) in [6.07, 6.45) is 3.33. The van der Waals surface area contributed by atoms with Gasteiger partial charge in [-0.3, -0.25) is 4.79 Å². The predicted molar refractivity (Wildman–Crippen MR) is 68.3 cm³/mol. The fourth-order valence-electron chi connectivity index (χ4n) is 1.94. The van der Waals surface area contributed by atoms with Gasteiger partial charge in [0.05, 0.1) is 18.4 Å². The van der Waals surface area contributed by atoms with Crippen molar-refractivity contribution in [2.45, 2.75) is 6.92 Å². The molecule has 1 atom stereocenters. The lowest BCUT2D eigenvalue weighted by Gasteiger charge is -2.21. The van der Waals surface area contributed by atoms with Crippen LogP contribution in [0.15, 0.2) is 18.6 Å². The molecule has 1 N–H and O–H groups in total. The quantitative estimate of drug-likeness (QED) is 0.823. The van der Waals surface area contributed by atoms with Crippen molar-refractivity contribution in [1.82, 2.24) is 15.0 Å². The van der Waals surface area contributed by atoms with Crippen LogP contribution in [0.2, 0.25) is 0 Å². The van der Waals surface area contributed by atoms with E-state index in [1.807, 2.05) is 31.1 Å². The predicted octanol–water partition coefficient (Wildman–Crippen LogP) is 1.20. The molecule has 1 unspecified atom stereocenters. The van der Waals surface area contributed by atoms with Crippen LogP contribution in [0.25, 0.3) is 11.0 Å². The van der Waals surface area contributed by atoms with Crippen molar-refractivity contribution in [1.29, 1.82) is 0 Å². The average Bonchev–Trinajstić information content (AvgIpc) is 2.85. The molecule has 2 heterocycles. The number of esters is 1. The van der Waals surface area contributed by atoms with E-state index < -0.39 is 0 Å². The summed E-state index contributed by atoms with van der Waals surface area (Å²) < 4.78 is 4.72. The summed E-state index contributed by atoms with van der Waals surface area (Å²) in [6, 6.07) is 1.92. The molecule has 6 nitrogen and oxygen atoms in total. The Morgan fingerprint density at radius 1 is 1.56 bits per heavy atom. The Hall–Kier alpha value is -2.11. The number of ether oxygens (including phenoxy) is 1. The number of H-pyrrole nitrogens is 1. The molecule has 0 saturated carbocycles. The van der Waals surface area contributed by atoms with Crippen LogP contribution in [-0.4, -0.2) is 41.6 Å². The summed E-state index contributed by atoms with van der Waals surface area (Å²) in [7, 11) is 3.29. The molecule has 2 rings (SSSR count). The zero-order chi connectivity index (χ0) is 13.1. The van der Waals surface area contributed by atoms with Crippen LogP contribution in [0, 0.1) is 5.92 Å². The lowest BCUT2D eigenvalue weighted by molar-refractivity contribution is -0.144. The molecule has 18 heavy (non-hydrogen) atoms. The fourth-order valence-corrected chi connectivity index (χ4v) is 1.94. The summed E-state index contributed by atoms with van der Waals surface area (Å²) >= 11 is 0. The molecular formula is C12H16N4O2. The number of aromatic amines is 1. The number of nitrogens with zero attached hydrogens (tertiary/aromatic N) is 3. The minimum atomic E-state index is -0.221. The molecule has 0 aliphatic carbocycles. The van der Waals surface area contributed by atoms with Crippen LogP contribution < -0.4 is 4.90 Å². The van der Waals surface area contributed by atoms with E-state index in [9.17, 15) is 4.79 Å². The van der Waals surface area contributed by atoms with E-state index in [1.54, 1.807) is 0 Å². The van der Waals surface area contributed by atoms with Gasteiger partial charge in [0.2, 0.25) is 0 Å². The van der Waals surface area contributed by atoms with Gasteiger partial charge in [0, 0.05) is 19.8 Å². The molecule has 0 spiro atoms. The molecule has 96 valence electrons. The van der Waals surface area contributed by atoms with Gasteiger partial charge in [0.25, 0.3) is 0 Å². The van der Waals surface area contributed by atoms with Crippen molar-refractivity contribution >= 4 is 22.8 Å². The molecule has 2 aromatic rings. The Labute approximate surface area is 105 Å². The van der Waals surface area contributed by atoms with Gasteiger partial charge >= 0.3 is 5.97 Å². The van der Waals surface area contributed by atoms with E-state index in [0.717, 1.165) is 16.9 Å². The number of hydrogen-bond donors (Lipinski definition) is 1. The van der Waals surface area contributed by atoms with Gasteiger partial charge in [-0.25, -0.2) is 9.97 Å². The normalized spacial score (nSPS) is 12.4. The maximum absolute atomic E-state index is 11.4. The second-order valence-corrected chi connectivity index (χ2v) is 4.24. The third kappa shape index (κ3) is 2.27. The maximum Gasteiger partial charge on any atom is 0.310 e. The second kappa shape index (κ2) is 5.03. The Morgan fingerprint density at radius 3 is 3.06 bits per heavy atom. The van der Waals surface area contributed by atoms with Gasteiger partial charge in [-0.15, -0.1) is 0 Å². The zero-order valence-corrected chi connectivity index (χ0v) is 10.7. The number of methoxy groups -OCH3 is 1. The first-order valence-corrected chi connectivity index (χ1v) is 5.70. The SMILES string of the molecule is COC(=O)C(C)CN(C)c1ncnc2[nH]ccc12.